The molecule has 2 aliphatic rings. The van der Waals surface area contributed by atoms with Gasteiger partial charge in [-0.2, -0.15) is 0 Å². The topological polar surface area (TPSA) is 115 Å². The van der Waals surface area contributed by atoms with Crippen LogP contribution in [0, 0.1) is 0 Å². The molecule has 2 fully saturated rings. The Kier molecular flexibility index (Phi) is 12.1. The zero-order valence-corrected chi connectivity index (χ0v) is 10.4. The van der Waals surface area contributed by atoms with E-state index in [0.29, 0.717) is 0 Å². The van der Waals surface area contributed by atoms with Crippen LogP contribution in [0.4, 0.5) is 0 Å². The predicted octanol–water partition coefficient (Wildman–Crippen LogP) is -5.72. The first kappa shape index (κ1) is 15.5. The van der Waals surface area contributed by atoms with Gasteiger partial charge in [-0.1, -0.05) is 0 Å². The van der Waals surface area contributed by atoms with Crippen molar-refractivity contribution in [1.82, 2.24) is 0 Å². The Labute approximate surface area is 96.7 Å². The van der Waals surface area contributed by atoms with Crippen LogP contribution in [0.1, 0.15) is 0 Å². The summed E-state index contributed by atoms with van der Waals surface area (Å²) in [5.41, 5.74) is 0. The van der Waals surface area contributed by atoms with Gasteiger partial charge in [0.2, 0.25) is 0 Å². The van der Waals surface area contributed by atoms with Gasteiger partial charge in [0, 0.05) is 9.17 Å². The molecule has 0 spiro atoms. The summed E-state index contributed by atoms with van der Waals surface area (Å²) < 4.78 is 18.6. The molecule has 0 amide bonds. The maximum atomic E-state index is 8.52. The van der Waals surface area contributed by atoms with Crippen molar-refractivity contribution in [1.29, 1.82) is 0 Å². The van der Waals surface area contributed by atoms with Gasteiger partial charge >= 0.3 is 0 Å². The molecule has 0 atom stereocenters. The molecule has 0 aliphatic carbocycles. The quantitative estimate of drug-likeness (QED) is 0.417. The smallest absolute Gasteiger partial charge is 0.0993 e. The zero-order chi connectivity index (χ0) is 12.1. The number of hydrogen-bond acceptors (Lipinski definition) is 5. The van der Waals surface area contributed by atoms with E-state index in [0.717, 1.165) is 52.6 Å². The highest BCUT2D eigenvalue weighted by molar-refractivity contribution is 6.17. The molecule has 7 nitrogen and oxygen atoms in total. The zero-order valence-electron chi connectivity index (χ0n) is 9.35. The molecule has 0 unspecified atom stereocenters. The van der Waals surface area contributed by atoms with Gasteiger partial charge in [-0.05, 0) is 0 Å². The molecule has 0 aromatic heterocycles. The largest absolute Gasteiger partial charge is 0.672 e. The lowest BCUT2D eigenvalue weighted by atomic mass is 10.5. The van der Waals surface area contributed by atoms with E-state index in [9.17, 15) is 0 Å². The van der Waals surface area contributed by atoms with Gasteiger partial charge < -0.3 is 34.2 Å². The molecule has 0 bridgehead atoms. The highest BCUT2D eigenvalue weighted by Gasteiger charge is 1.97. The van der Waals surface area contributed by atoms with Crippen LogP contribution in [0.2, 0.25) is 0 Å². The lowest BCUT2D eigenvalue weighted by molar-refractivity contribution is -0.670. The fourth-order valence-electron chi connectivity index (χ4n) is 1.16. The lowest BCUT2D eigenvalue weighted by Gasteiger charge is -2.07. The van der Waals surface area contributed by atoms with Crippen molar-refractivity contribution in [3.05, 3.63) is 0 Å². The Morgan fingerprint density at radius 1 is 0.812 bits per heavy atom. The summed E-state index contributed by atoms with van der Waals surface area (Å²) in [6.07, 6.45) is 0. The van der Waals surface area contributed by atoms with Crippen molar-refractivity contribution in [2.24, 2.45) is 0 Å². The molecule has 16 heavy (non-hydrogen) atoms. The second-order valence-electron chi connectivity index (χ2n) is 3.21. The number of rotatable bonds is 0. The van der Waals surface area contributed by atoms with Crippen LogP contribution in [-0.4, -0.2) is 61.8 Å². The third kappa shape index (κ3) is 15.9. The maximum Gasteiger partial charge on any atom is 0.0993 e. The van der Waals surface area contributed by atoms with Crippen LogP contribution in [0.15, 0.2) is 0 Å². The third-order valence-electron chi connectivity index (χ3n) is 1.87. The van der Waals surface area contributed by atoms with Crippen molar-refractivity contribution in [2.45, 2.75) is 0 Å². The highest BCUT2D eigenvalue weighted by Crippen LogP contribution is 1.69. The van der Waals surface area contributed by atoms with E-state index in [1.807, 2.05) is 0 Å². The van der Waals surface area contributed by atoms with Crippen molar-refractivity contribution >= 4 is 9.17 Å². The summed E-state index contributed by atoms with van der Waals surface area (Å²) in [5, 5.41) is 4.53. The summed E-state index contributed by atoms with van der Waals surface area (Å²) in [5.74, 6) is 0. The fraction of sp³-hybridized carbons (Fsp3) is 1.00. The van der Waals surface area contributed by atoms with Crippen LogP contribution in [0.5, 0.6) is 0 Å². The average Bonchev–Trinajstić information content (AvgIpc) is 2.34. The molecule has 4 N–H and O–H groups in total. The van der Waals surface area contributed by atoms with E-state index in [4.69, 9.17) is 23.5 Å². The van der Waals surface area contributed by atoms with Gasteiger partial charge in [0.1, 0.15) is 0 Å². The average molecular weight is 252 g/mol. The normalized spacial score (nSPS) is 19.5. The molecule has 0 aromatic rings. The second-order valence-corrected chi connectivity index (χ2v) is 3.71. The molecule has 2 heterocycles. The molecule has 0 aromatic carbocycles. The van der Waals surface area contributed by atoms with E-state index in [2.05, 4.69) is 10.6 Å². The number of morpholine rings is 2. The molecule has 0 saturated carbocycles. The van der Waals surface area contributed by atoms with Crippen LogP contribution in [-0.2, 0) is 13.9 Å². The Bertz CT molecular complexity index is 125. The van der Waals surface area contributed by atoms with Gasteiger partial charge in [-0.25, -0.2) is 0 Å². The van der Waals surface area contributed by atoms with Crippen LogP contribution in [0.25, 0.3) is 0 Å². The van der Waals surface area contributed by atoms with Crippen molar-refractivity contribution in [2.75, 3.05) is 52.6 Å². The predicted molar refractivity (Wildman–Crippen MR) is 51.4 cm³/mol. The van der Waals surface area contributed by atoms with Crippen LogP contribution in [0.3, 0.4) is 0 Å². The number of quaternary nitrogens is 2. The second kappa shape index (κ2) is 12.5. The van der Waals surface area contributed by atoms with Crippen molar-refractivity contribution < 1.29 is 34.2 Å². The summed E-state index contributed by atoms with van der Waals surface area (Å²) in [6, 6.07) is 0. The number of ether oxygens (including phenoxy) is 2. The Morgan fingerprint density at radius 2 is 1.06 bits per heavy atom. The summed E-state index contributed by atoms with van der Waals surface area (Å²) in [6.45, 7) is 8.39. The van der Waals surface area contributed by atoms with Gasteiger partial charge in [0.25, 0.3) is 0 Å². The minimum absolute atomic E-state index is 0.944. The molecule has 0 radical (unpaired) electrons. The molecular formula is C8H20N2O5Si. The van der Waals surface area contributed by atoms with E-state index < -0.39 is 9.17 Å². The standard InChI is InChI=1S/2C4H9NO.O3Si/c2*1-3-6-4-2-5-1;1-4(2)3/h2*5H,1-4H2;/q;;-2/p+2. The highest BCUT2D eigenvalue weighted by atomic mass is 28.3. The third-order valence-corrected chi connectivity index (χ3v) is 1.87. The SMILES string of the molecule is C1COCC[NH2+]1.C1COCC[NH2+]1.O=[Si]([O-])[O-]. The summed E-state index contributed by atoms with van der Waals surface area (Å²) >= 11 is 0. The van der Waals surface area contributed by atoms with Crippen molar-refractivity contribution in [3.63, 3.8) is 0 Å². The van der Waals surface area contributed by atoms with Gasteiger partial charge in [-0.3, -0.25) is 0 Å². The first-order chi connectivity index (χ1) is 7.73. The van der Waals surface area contributed by atoms with Crippen molar-refractivity contribution in [3.8, 4) is 0 Å². The molecular weight excluding hydrogens is 232 g/mol. The van der Waals surface area contributed by atoms with Gasteiger partial charge in [-0.15, -0.1) is 0 Å². The summed E-state index contributed by atoms with van der Waals surface area (Å²) in [7, 11) is -3.63. The van der Waals surface area contributed by atoms with Crippen LogP contribution < -0.4 is 20.2 Å². The summed E-state index contributed by atoms with van der Waals surface area (Å²) in [4.78, 5) is 17.0. The molecule has 2 aliphatic heterocycles. The molecule has 8 heteroatoms. The fourth-order valence-corrected chi connectivity index (χ4v) is 1.16. The number of nitrogens with two attached hydrogens (primary N) is 2. The molecule has 2 saturated heterocycles. The first-order valence-corrected chi connectivity index (χ1v) is 6.62. The van der Waals surface area contributed by atoms with E-state index in [-0.39, 0.29) is 0 Å². The number of hydrogen-bond donors (Lipinski definition) is 2. The minimum atomic E-state index is -3.63. The Hall–Kier alpha value is -0.543. The maximum absolute atomic E-state index is 8.52. The molecule has 2 rings (SSSR count). The van der Waals surface area contributed by atoms with E-state index in [1.165, 1.54) is 0 Å². The van der Waals surface area contributed by atoms with E-state index >= 15 is 0 Å². The van der Waals surface area contributed by atoms with E-state index in [1.54, 1.807) is 0 Å². The van der Waals surface area contributed by atoms with Crippen LogP contribution >= 0.6 is 0 Å². The monoisotopic (exact) mass is 252 g/mol. The van der Waals surface area contributed by atoms with Gasteiger partial charge in [0.15, 0.2) is 0 Å². The lowest BCUT2D eigenvalue weighted by Crippen LogP contribution is -2.87. The molecule has 96 valence electrons. The minimum Gasteiger partial charge on any atom is -0.672 e. The Balaban J connectivity index is 0.000000217. The Morgan fingerprint density at radius 3 is 1.12 bits per heavy atom. The first-order valence-electron chi connectivity index (χ1n) is 5.40. The van der Waals surface area contributed by atoms with Gasteiger partial charge in [0.05, 0.1) is 52.6 Å².